The van der Waals surface area contributed by atoms with E-state index in [1.54, 1.807) is 0 Å². The molecule has 1 aliphatic heterocycles. The fourth-order valence-electron chi connectivity index (χ4n) is 2.35. The lowest BCUT2D eigenvalue weighted by Crippen LogP contribution is -2.37. The molecule has 2 amide bonds. The van der Waals surface area contributed by atoms with Crippen LogP contribution in [0.3, 0.4) is 0 Å². The first kappa shape index (κ1) is 15.5. The SMILES string of the molecule is CNC(C)CNC(=O)CCCc1ccc2c(c1)CC(=O)N2. The molecule has 21 heavy (non-hydrogen) atoms. The molecule has 114 valence electrons. The van der Waals surface area contributed by atoms with Gasteiger partial charge in [0.05, 0.1) is 6.42 Å². The largest absolute Gasteiger partial charge is 0.355 e. The summed E-state index contributed by atoms with van der Waals surface area (Å²) in [6, 6.07) is 6.32. The van der Waals surface area contributed by atoms with Crippen LogP contribution in [0.2, 0.25) is 0 Å². The van der Waals surface area contributed by atoms with Crippen LogP contribution in [-0.2, 0) is 22.4 Å². The van der Waals surface area contributed by atoms with Crippen LogP contribution in [0.5, 0.6) is 0 Å². The summed E-state index contributed by atoms with van der Waals surface area (Å²) in [5.41, 5.74) is 3.16. The molecule has 1 heterocycles. The van der Waals surface area contributed by atoms with Crippen molar-refractivity contribution in [2.45, 2.75) is 38.6 Å². The lowest BCUT2D eigenvalue weighted by Gasteiger charge is -2.11. The second-order valence-electron chi connectivity index (χ2n) is 5.56. The van der Waals surface area contributed by atoms with E-state index in [2.05, 4.69) is 22.0 Å². The van der Waals surface area contributed by atoms with Crippen LogP contribution < -0.4 is 16.0 Å². The zero-order valence-electron chi connectivity index (χ0n) is 12.7. The Labute approximate surface area is 125 Å². The van der Waals surface area contributed by atoms with E-state index >= 15 is 0 Å². The predicted octanol–water partition coefficient (Wildman–Crippen LogP) is 1.23. The van der Waals surface area contributed by atoms with Gasteiger partial charge in [-0.3, -0.25) is 9.59 Å². The number of nitrogens with one attached hydrogen (secondary N) is 3. The summed E-state index contributed by atoms with van der Waals surface area (Å²) in [5.74, 6) is 0.148. The van der Waals surface area contributed by atoms with Crippen molar-refractivity contribution >= 4 is 17.5 Å². The molecule has 0 aliphatic carbocycles. The van der Waals surface area contributed by atoms with Crippen molar-refractivity contribution in [2.75, 3.05) is 18.9 Å². The second kappa shape index (κ2) is 7.22. The topological polar surface area (TPSA) is 70.2 Å². The lowest BCUT2D eigenvalue weighted by molar-refractivity contribution is -0.121. The van der Waals surface area contributed by atoms with E-state index in [4.69, 9.17) is 0 Å². The van der Waals surface area contributed by atoms with Crippen LogP contribution in [0.25, 0.3) is 0 Å². The molecule has 0 radical (unpaired) electrons. The van der Waals surface area contributed by atoms with E-state index in [0.717, 1.165) is 24.1 Å². The molecule has 0 saturated carbocycles. The Kier molecular flexibility index (Phi) is 5.33. The molecule has 0 bridgehead atoms. The highest BCUT2D eigenvalue weighted by atomic mass is 16.2. The molecule has 0 fully saturated rings. The molecule has 0 spiro atoms. The molecule has 2 rings (SSSR count). The van der Waals surface area contributed by atoms with Gasteiger partial charge >= 0.3 is 0 Å². The minimum atomic E-state index is 0.0557. The molecule has 1 atom stereocenters. The van der Waals surface area contributed by atoms with E-state index in [-0.39, 0.29) is 17.9 Å². The quantitative estimate of drug-likeness (QED) is 0.707. The third kappa shape index (κ3) is 4.56. The molecule has 3 N–H and O–H groups in total. The fourth-order valence-corrected chi connectivity index (χ4v) is 2.35. The van der Waals surface area contributed by atoms with Crippen molar-refractivity contribution in [3.05, 3.63) is 29.3 Å². The van der Waals surface area contributed by atoms with Crippen LogP contribution >= 0.6 is 0 Å². The molecule has 1 aromatic carbocycles. The van der Waals surface area contributed by atoms with Crippen LogP contribution in [0.15, 0.2) is 18.2 Å². The van der Waals surface area contributed by atoms with Gasteiger partial charge in [0.15, 0.2) is 0 Å². The maximum atomic E-state index is 11.7. The number of likely N-dealkylation sites (N-methyl/N-ethyl adjacent to an activating group) is 1. The van der Waals surface area contributed by atoms with Crippen molar-refractivity contribution in [3.63, 3.8) is 0 Å². The Morgan fingerprint density at radius 1 is 1.43 bits per heavy atom. The number of rotatable bonds is 7. The summed E-state index contributed by atoms with van der Waals surface area (Å²) in [6.07, 6.45) is 2.67. The fraction of sp³-hybridized carbons (Fsp3) is 0.500. The molecule has 1 aliphatic rings. The van der Waals surface area contributed by atoms with Crippen molar-refractivity contribution in [1.82, 2.24) is 10.6 Å². The Morgan fingerprint density at radius 2 is 2.24 bits per heavy atom. The van der Waals surface area contributed by atoms with Gasteiger partial charge in [0.1, 0.15) is 0 Å². The Balaban J connectivity index is 1.73. The Morgan fingerprint density at radius 3 is 3.00 bits per heavy atom. The molecule has 5 nitrogen and oxygen atoms in total. The number of carbonyl (C=O) groups is 2. The third-order valence-corrected chi connectivity index (χ3v) is 3.76. The normalized spacial score (nSPS) is 14.5. The summed E-state index contributed by atoms with van der Waals surface area (Å²) in [4.78, 5) is 23.0. The van der Waals surface area contributed by atoms with Gasteiger partial charge in [-0.2, -0.15) is 0 Å². The van der Waals surface area contributed by atoms with Crippen LogP contribution in [-0.4, -0.2) is 31.4 Å². The highest BCUT2D eigenvalue weighted by molar-refractivity contribution is 5.99. The van der Waals surface area contributed by atoms with Gasteiger partial charge in [-0.15, -0.1) is 0 Å². The summed E-state index contributed by atoms with van der Waals surface area (Å²) >= 11 is 0. The third-order valence-electron chi connectivity index (χ3n) is 3.76. The molecular formula is C16H23N3O2. The summed E-state index contributed by atoms with van der Waals surface area (Å²) in [5, 5.41) is 8.82. The second-order valence-corrected chi connectivity index (χ2v) is 5.56. The predicted molar refractivity (Wildman–Crippen MR) is 83.2 cm³/mol. The Bertz CT molecular complexity index is 528. The van der Waals surface area contributed by atoms with Gasteiger partial charge in [0.25, 0.3) is 0 Å². The number of aryl methyl sites for hydroxylation is 1. The van der Waals surface area contributed by atoms with Crippen LogP contribution in [0, 0.1) is 0 Å². The van der Waals surface area contributed by atoms with Gasteiger partial charge in [-0.25, -0.2) is 0 Å². The first-order valence-corrected chi connectivity index (χ1v) is 7.44. The molecule has 0 aromatic heterocycles. The first-order valence-electron chi connectivity index (χ1n) is 7.44. The van der Waals surface area contributed by atoms with Crippen molar-refractivity contribution in [3.8, 4) is 0 Å². The summed E-state index contributed by atoms with van der Waals surface area (Å²) in [7, 11) is 1.88. The lowest BCUT2D eigenvalue weighted by atomic mass is 10.0. The van der Waals surface area contributed by atoms with Gasteiger partial charge in [0.2, 0.25) is 11.8 Å². The molecular weight excluding hydrogens is 266 g/mol. The first-order chi connectivity index (χ1) is 10.1. The average molecular weight is 289 g/mol. The van der Waals surface area contributed by atoms with E-state index in [9.17, 15) is 9.59 Å². The number of carbonyl (C=O) groups excluding carboxylic acids is 2. The van der Waals surface area contributed by atoms with Crippen molar-refractivity contribution in [2.24, 2.45) is 0 Å². The molecule has 0 saturated heterocycles. The minimum absolute atomic E-state index is 0.0557. The number of anilines is 1. The maximum absolute atomic E-state index is 11.7. The smallest absolute Gasteiger partial charge is 0.228 e. The zero-order chi connectivity index (χ0) is 15.2. The molecule has 1 aromatic rings. The van der Waals surface area contributed by atoms with E-state index < -0.39 is 0 Å². The summed E-state index contributed by atoms with van der Waals surface area (Å²) < 4.78 is 0. The monoisotopic (exact) mass is 289 g/mol. The van der Waals surface area contributed by atoms with Gasteiger partial charge in [-0.05, 0) is 44.0 Å². The van der Waals surface area contributed by atoms with Crippen LogP contribution in [0.4, 0.5) is 5.69 Å². The van der Waals surface area contributed by atoms with Gasteiger partial charge < -0.3 is 16.0 Å². The van der Waals surface area contributed by atoms with Crippen LogP contribution in [0.1, 0.15) is 30.9 Å². The highest BCUT2D eigenvalue weighted by Gasteiger charge is 2.17. The maximum Gasteiger partial charge on any atom is 0.228 e. The summed E-state index contributed by atoms with van der Waals surface area (Å²) in [6.45, 7) is 2.68. The number of hydrogen-bond donors (Lipinski definition) is 3. The van der Waals surface area contributed by atoms with E-state index in [1.807, 2.05) is 26.1 Å². The van der Waals surface area contributed by atoms with Gasteiger partial charge in [0, 0.05) is 24.7 Å². The van der Waals surface area contributed by atoms with Crippen molar-refractivity contribution < 1.29 is 9.59 Å². The van der Waals surface area contributed by atoms with Crippen molar-refractivity contribution in [1.29, 1.82) is 0 Å². The Hall–Kier alpha value is -1.88. The van der Waals surface area contributed by atoms with E-state index in [0.29, 0.717) is 19.4 Å². The number of benzene rings is 1. The molecule has 5 heteroatoms. The average Bonchev–Trinajstić information content (AvgIpc) is 2.84. The standard InChI is InChI=1S/C16H23N3O2/c1-11(17-2)10-18-15(20)5-3-4-12-6-7-14-13(8-12)9-16(21)19-14/h6-8,11,17H,3-5,9-10H2,1-2H3,(H,18,20)(H,19,21). The number of fused-ring (bicyclic) bond motifs is 1. The van der Waals surface area contributed by atoms with Gasteiger partial charge in [-0.1, -0.05) is 12.1 Å². The highest BCUT2D eigenvalue weighted by Crippen LogP contribution is 2.24. The van der Waals surface area contributed by atoms with E-state index in [1.165, 1.54) is 5.56 Å². The zero-order valence-corrected chi connectivity index (χ0v) is 12.7. The number of amides is 2. The number of hydrogen-bond acceptors (Lipinski definition) is 3. The molecule has 1 unspecified atom stereocenters. The minimum Gasteiger partial charge on any atom is -0.355 e.